The molecule has 5 heteroatoms. The molecule has 0 saturated carbocycles. The van der Waals surface area contributed by atoms with E-state index in [1.165, 1.54) is 9.26 Å². The molecule has 0 saturated heterocycles. The Labute approximate surface area is 128 Å². The summed E-state index contributed by atoms with van der Waals surface area (Å²) in [6, 6.07) is 0. The first-order chi connectivity index (χ1) is 8.72. The molecule has 0 atom stereocenters. The third-order valence-electron chi connectivity index (χ3n) is 2.43. The summed E-state index contributed by atoms with van der Waals surface area (Å²) in [4.78, 5) is 9.33. The summed E-state index contributed by atoms with van der Waals surface area (Å²) in [6.45, 7) is 7.50. The monoisotopic (exact) mass is 379 g/mol. The highest BCUT2D eigenvalue weighted by Crippen LogP contribution is 2.22. The van der Waals surface area contributed by atoms with E-state index in [1.54, 1.807) is 0 Å². The predicted octanol–water partition coefficient (Wildman–Crippen LogP) is 4.11. The zero-order valence-corrected chi connectivity index (χ0v) is 14.4. The van der Waals surface area contributed by atoms with E-state index in [4.69, 9.17) is 0 Å². The van der Waals surface area contributed by atoms with Gasteiger partial charge in [-0.25, -0.2) is 9.97 Å². The van der Waals surface area contributed by atoms with Gasteiger partial charge in [0.05, 0.1) is 15.0 Å². The van der Waals surface area contributed by atoms with Gasteiger partial charge < -0.3 is 5.32 Å². The van der Waals surface area contributed by atoms with E-state index in [9.17, 15) is 0 Å². The summed E-state index contributed by atoms with van der Waals surface area (Å²) < 4.78 is 1.19. The van der Waals surface area contributed by atoms with E-state index in [-0.39, 0.29) is 0 Å². The molecule has 0 spiro atoms. The van der Waals surface area contributed by atoms with Gasteiger partial charge in [-0.3, -0.25) is 0 Å². The molecule has 0 aliphatic heterocycles. The van der Waals surface area contributed by atoms with Gasteiger partial charge in [0.25, 0.3) is 0 Å². The fourth-order valence-electron chi connectivity index (χ4n) is 1.57. The minimum Gasteiger partial charge on any atom is -0.369 e. The number of aromatic nitrogens is 2. The topological polar surface area (TPSA) is 37.8 Å². The first-order valence-corrected chi connectivity index (χ1v) is 8.83. The molecule has 0 aliphatic carbocycles. The van der Waals surface area contributed by atoms with Gasteiger partial charge in [-0.1, -0.05) is 27.2 Å². The second-order valence-corrected chi connectivity index (χ2v) is 6.42. The van der Waals surface area contributed by atoms with E-state index >= 15 is 0 Å². The Bertz CT molecular complexity index is 371. The summed E-state index contributed by atoms with van der Waals surface area (Å²) >= 11 is 4.24. The number of aryl methyl sites for hydroxylation is 1. The van der Waals surface area contributed by atoms with Crippen LogP contribution in [0.4, 0.5) is 5.82 Å². The summed E-state index contributed by atoms with van der Waals surface area (Å²) in [5.74, 6) is 3.99. The molecule has 102 valence electrons. The number of nitrogens with one attached hydrogen (secondary N) is 1. The highest BCUT2D eigenvalue weighted by molar-refractivity contribution is 14.1. The van der Waals surface area contributed by atoms with Gasteiger partial charge in [-0.05, 0) is 41.2 Å². The average molecular weight is 379 g/mol. The molecule has 18 heavy (non-hydrogen) atoms. The van der Waals surface area contributed by atoms with Crippen LogP contribution in [0.2, 0.25) is 0 Å². The Hall–Kier alpha value is -0.0400. The van der Waals surface area contributed by atoms with Crippen molar-refractivity contribution in [1.29, 1.82) is 0 Å². The highest BCUT2D eigenvalue weighted by Gasteiger charge is 2.11. The van der Waals surface area contributed by atoms with E-state index < -0.39 is 0 Å². The minimum absolute atomic E-state index is 0.908. The number of rotatable bonds is 8. The first-order valence-electron chi connectivity index (χ1n) is 6.59. The Kier molecular flexibility index (Phi) is 7.97. The van der Waals surface area contributed by atoms with Gasteiger partial charge in [0.2, 0.25) is 0 Å². The molecule has 0 aromatic carbocycles. The van der Waals surface area contributed by atoms with Gasteiger partial charge in [-0.2, -0.15) is 11.8 Å². The van der Waals surface area contributed by atoms with Crippen molar-refractivity contribution in [2.24, 2.45) is 0 Å². The summed E-state index contributed by atoms with van der Waals surface area (Å²) in [5, 5.41) is 3.41. The van der Waals surface area contributed by atoms with Crippen molar-refractivity contribution >= 4 is 40.2 Å². The molecular formula is C13H22IN3S. The van der Waals surface area contributed by atoms with Crippen LogP contribution in [0.25, 0.3) is 0 Å². The SMILES string of the molecule is CCCNc1nc(CSCC)nc(CCC)c1I. The Morgan fingerprint density at radius 3 is 2.56 bits per heavy atom. The largest absolute Gasteiger partial charge is 0.369 e. The quantitative estimate of drug-likeness (QED) is 0.690. The van der Waals surface area contributed by atoms with Crippen molar-refractivity contribution in [3.63, 3.8) is 0 Å². The molecule has 0 amide bonds. The maximum atomic E-state index is 4.69. The maximum Gasteiger partial charge on any atom is 0.143 e. The summed E-state index contributed by atoms with van der Waals surface area (Å²) in [5.41, 5.74) is 1.19. The lowest BCUT2D eigenvalue weighted by Crippen LogP contribution is -2.10. The molecule has 0 fully saturated rings. The molecule has 3 nitrogen and oxygen atoms in total. The summed E-state index contributed by atoms with van der Waals surface area (Å²) in [6.07, 6.45) is 3.27. The Balaban J connectivity index is 2.94. The second kappa shape index (κ2) is 8.96. The molecule has 1 rings (SSSR count). The van der Waals surface area contributed by atoms with E-state index in [1.807, 2.05) is 11.8 Å². The number of halogens is 1. The lowest BCUT2D eigenvalue weighted by atomic mass is 10.2. The van der Waals surface area contributed by atoms with Crippen molar-refractivity contribution in [3.8, 4) is 0 Å². The molecule has 1 heterocycles. The minimum atomic E-state index is 0.908. The second-order valence-electron chi connectivity index (χ2n) is 4.06. The number of thioether (sulfide) groups is 1. The molecule has 0 radical (unpaired) electrons. The van der Waals surface area contributed by atoms with E-state index in [0.29, 0.717) is 0 Å². The fourth-order valence-corrected chi connectivity index (χ4v) is 2.78. The van der Waals surface area contributed by atoms with Gasteiger partial charge in [0.1, 0.15) is 11.6 Å². The number of hydrogen-bond acceptors (Lipinski definition) is 4. The van der Waals surface area contributed by atoms with Crippen molar-refractivity contribution in [1.82, 2.24) is 9.97 Å². The molecule has 0 unspecified atom stereocenters. The Morgan fingerprint density at radius 2 is 1.94 bits per heavy atom. The number of nitrogens with zero attached hydrogens (tertiary/aromatic N) is 2. The zero-order chi connectivity index (χ0) is 13.4. The number of hydrogen-bond donors (Lipinski definition) is 1. The van der Waals surface area contributed by atoms with Gasteiger partial charge >= 0.3 is 0 Å². The standard InChI is InChI=1S/C13H22IN3S/c1-4-7-10-12(14)13(15-8-5-2)17-11(16-10)9-18-6-3/h4-9H2,1-3H3,(H,15,16,17). The van der Waals surface area contributed by atoms with Crippen LogP contribution in [0.15, 0.2) is 0 Å². The molecule has 1 aromatic rings. The maximum absolute atomic E-state index is 4.69. The van der Waals surface area contributed by atoms with Crippen LogP contribution in [-0.4, -0.2) is 22.3 Å². The molecule has 0 aliphatic rings. The average Bonchev–Trinajstić information content (AvgIpc) is 2.38. The van der Waals surface area contributed by atoms with Gasteiger partial charge in [0.15, 0.2) is 0 Å². The fraction of sp³-hybridized carbons (Fsp3) is 0.692. The van der Waals surface area contributed by atoms with Gasteiger partial charge in [0, 0.05) is 6.54 Å². The van der Waals surface area contributed by atoms with Crippen LogP contribution >= 0.6 is 34.4 Å². The molecule has 1 N–H and O–H groups in total. The van der Waals surface area contributed by atoms with Crippen LogP contribution in [0, 0.1) is 3.57 Å². The van der Waals surface area contributed by atoms with Crippen LogP contribution < -0.4 is 5.32 Å². The van der Waals surface area contributed by atoms with Crippen molar-refractivity contribution in [3.05, 3.63) is 15.1 Å². The summed E-state index contributed by atoms with van der Waals surface area (Å²) in [7, 11) is 0. The predicted molar refractivity (Wildman–Crippen MR) is 89.4 cm³/mol. The third-order valence-corrected chi connectivity index (χ3v) is 4.43. The van der Waals surface area contributed by atoms with Crippen LogP contribution in [-0.2, 0) is 12.2 Å². The lowest BCUT2D eigenvalue weighted by molar-refractivity contribution is 0.841. The highest BCUT2D eigenvalue weighted by atomic mass is 127. The van der Waals surface area contributed by atoms with Crippen molar-refractivity contribution in [2.75, 3.05) is 17.6 Å². The van der Waals surface area contributed by atoms with Crippen LogP contribution in [0.1, 0.15) is 45.1 Å². The molecule has 0 bridgehead atoms. The normalized spacial score (nSPS) is 10.7. The van der Waals surface area contributed by atoms with E-state index in [2.05, 4.69) is 58.6 Å². The number of anilines is 1. The first kappa shape index (κ1) is 16.0. The Morgan fingerprint density at radius 1 is 1.17 bits per heavy atom. The third kappa shape index (κ3) is 4.91. The smallest absolute Gasteiger partial charge is 0.143 e. The van der Waals surface area contributed by atoms with E-state index in [0.717, 1.165) is 49.0 Å². The molecular weight excluding hydrogens is 357 g/mol. The van der Waals surface area contributed by atoms with Crippen molar-refractivity contribution in [2.45, 2.75) is 45.8 Å². The van der Waals surface area contributed by atoms with Crippen LogP contribution in [0.3, 0.4) is 0 Å². The zero-order valence-electron chi connectivity index (χ0n) is 11.4. The molecule has 1 aromatic heterocycles. The lowest BCUT2D eigenvalue weighted by Gasteiger charge is -2.12. The van der Waals surface area contributed by atoms with Gasteiger partial charge in [-0.15, -0.1) is 0 Å². The van der Waals surface area contributed by atoms with Crippen LogP contribution in [0.5, 0.6) is 0 Å². The van der Waals surface area contributed by atoms with Crippen molar-refractivity contribution < 1.29 is 0 Å².